The van der Waals surface area contributed by atoms with Crippen LogP contribution in [0.4, 0.5) is 14.5 Å². The Morgan fingerprint density at radius 2 is 1.65 bits per heavy atom. The summed E-state index contributed by atoms with van der Waals surface area (Å²) >= 11 is 0. The highest BCUT2D eigenvalue weighted by Crippen LogP contribution is 2.18. The molecule has 0 saturated carbocycles. The Hall–Kier alpha value is -2.91. The molecule has 0 aliphatic carbocycles. The van der Waals surface area contributed by atoms with Crippen LogP contribution >= 0.6 is 0 Å². The first kappa shape index (κ1) is 12.2. The molecule has 0 amide bonds. The van der Waals surface area contributed by atoms with Crippen LogP contribution in [0.15, 0.2) is 23.9 Å². The van der Waals surface area contributed by atoms with Crippen molar-refractivity contribution in [2.75, 3.05) is 5.32 Å². The van der Waals surface area contributed by atoms with Gasteiger partial charge in [0, 0.05) is 11.9 Å². The zero-order chi connectivity index (χ0) is 12.8. The highest BCUT2D eigenvalue weighted by Gasteiger charge is 2.09. The number of nitriles is 3. The summed E-state index contributed by atoms with van der Waals surface area (Å²) in [6.07, 6.45) is 1.01. The Balaban J connectivity index is 3.06. The second kappa shape index (κ2) is 5.25. The Kier molecular flexibility index (Phi) is 3.76. The van der Waals surface area contributed by atoms with Gasteiger partial charge in [0.05, 0.1) is 0 Å². The van der Waals surface area contributed by atoms with Gasteiger partial charge in [-0.15, -0.1) is 0 Å². The molecule has 0 heterocycles. The van der Waals surface area contributed by atoms with Gasteiger partial charge in [0.2, 0.25) is 0 Å². The van der Waals surface area contributed by atoms with Crippen LogP contribution in [0.25, 0.3) is 0 Å². The molecule has 0 radical (unpaired) electrons. The molecule has 0 bridgehead atoms. The maximum atomic E-state index is 13.1. The van der Waals surface area contributed by atoms with E-state index in [9.17, 15) is 8.78 Å². The summed E-state index contributed by atoms with van der Waals surface area (Å²) in [6.45, 7) is 0. The molecule has 0 fully saturated rings. The molecule has 1 N–H and O–H groups in total. The van der Waals surface area contributed by atoms with E-state index in [1.165, 1.54) is 6.07 Å². The zero-order valence-electron chi connectivity index (χ0n) is 8.33. The summed E-state index contributed by atoms with van der Waals surface area (Å²) in [7, 11) is 0. The SMILES string of the molecule is N#CC(C#N)=CNc1cc(F)c(C#N)c(F)c1. The minimum atomic E-state index is -1.01. The van der Waals surface area contributed by atoms with Crippen LogP contribution in [0.3, 0.4) is 0 Å². The van der Waals surface area contributed by atoms with Gasteiger partial charge in [-0.2, -0.15) is 15.8 Å². The second-order valence-electron chi connectivity index (χ2n) is 2.85. The van der Waals surface area contributed by atoms with Crippen LogP contribution < -0.4 is 5.32 Å². The number of halogens is 2. The second-order valence-corrected chi connectivity index (χ2v) is 2.85. The molecule has 0 aliphatic heterocycles. The third-order valence-corrected chi connectivity index (χ3v) is 1.78. The number of anilines is 1. The standard InChI is InChI=1S/C11H4F2N4/c12-10-1-8(2-11(13)9(10)5-16)17-6-7(3-14)4-15/h1-2,6,17H. The number of nitrogens with one attached hydrogen (secondary N) is 1. The molecule has 6 heteroatoms. The summed E-state index contributed by atoms with van der Waals surface area (Å²) in [4.78, 5) is 0. The molecule has 1 rings (SSSR count). The fourth-order valence-corrected chi connectivity index (χ4v) is 1.01. The van der Waals surface area contributed by atoms with Crippen molar-refractivity contribution in [2.24, 2.45) is 0 Å². The first-order chi connectivity index (χ1) is 8.12. The summed E-state index contributed by atoms with van der Waals surface area (Å²) in [5.74, 6) is -2.03. The Bertz CT molecular complexity index is 560. The third-order valence-electron chi connectivity index (χ3n) is 1.78. The van der Waals surface area contributed by atoms with E-state index in [0.29, 0.717) is 0 Å². The number of benzene rings is 1. The van der Waals surface area contributed by atoms with E-state index in [4.69, 9.17) is 15.8 Å². The van der Waals surface area contributed by atoms with Crippen molar-refractivity contribution in [3.63, 3.8) is 0 Å². The first-order valence-electron chi connectivity index (χ1n) is 4.28. The average Bonchev–Trinajstić information content (AvgIpc) is 2.30. The van der Waals surface area contributed by atoms with Gasteiger partial charge in [-0.3, -0.25) is 0 Å². The van der Waals surface area contributed by atoms with Crippen LogP contribution in [0.1, 0.15) is 5.56 Å². The van der Waals surface area contributed by atoms with Gasteiger partial charge in [-0.1, -0.05) is 0 Å². The lowest BCUT2D eigenvalue weighted by atomic mass is 10.2. The lowest BCUT2D eigenvalue weighted by molar-refractivity contribution is 0.578. The minimum Gasteiger partial charge on any atom is -0.360 e. The summed E-state index contributed by atoms with van der Waals surface area (Å²) in [5.41, 5.74) is -0.919. The topological polar surface area (TPSA) is 83.4 Å². The fraction of sp³-hybridized carbons (Fsp3) is 0. The molecule has 1 aromatic carbocycles. The van der Waals surface area contributed by atoms with Crippen LogP contribution in [0.5, 0.6) is 0 Å². The molecule has 0 saturated heterocycles. The molecular weight excluding hydrogens is 226 g/mol. The average molecular weight is 230 g/mol. The van der Waals surface area contributed by atoms with Crippen molar-refractivity contribution >= 4 is 5.69 Å². The molecule has 0 atom stereocenters. The van der Waals surface area contributed by atoms with Crippen molar-refractivity contribution in [3.05, 3.63) is 41.1 Å². The quantitative estimate of drug-likeness (QED) is 0.789. The highest BCUT2D eigenvalue weighted by atomic mass is 19.1. The maximum absolute atomic E-state index is 13.1. The molecule has 4 nitrogen and oxygen atoms in total. The molecule has 0 aliphatic rings. The summed E-state index contributed by atoms with van der Waals surface area (Å²) in [5, 5.41) is 27.7. The maximum Gasteiger partial charge on any atom is 0.146 e. The van der Waals surface area contributed by atoms with E-state index in [0.717, 1.165) is 18.3 Å². The van der Waals surface area contributed by atoms with Crippen LogP contribution in [-0.2, 0) is 0 Å². The van der Waals surface area contributed by atoms with Crippen molar-refractivity contribution in [2.45, 2.75) is 0 Å². The lowest BCUT2D eigenvalue weighted by Gasteiger charge is -2.02. The molecule has 1 aromatic rings. The van der Waals surface area contributed by atoms with E-state index < -0.39 is 17.2 Å². The van der Waals surface area contributed by atoms with E-state index in [2.05, 4.69) is 5.32 Å². The van der Waals surface area contributed by atoms with Crippen LogP contribution in [-0.4, -0.2) is 0 Å². The number of hydrogen-bond acceptors (Lipinski definition) is 4. The fourth-order valence-electron chi connectivity index (χ4n) is 1.01. The van der Waals surface area contributed by atoms with Crippen molar-refractivity contribution in [1.29, 1.82) is 15.8 Å². The summed E-state index contributed by atoms with van der Waals surface area (Å²) < 4.78 is 26.3. The molecule has 0 aromatic heterocycles. The summed E-state index contributed by atoms with van der Waals surface area (Å²) in [6, 6.07) is 6.31. The Morgan fingerprint density at radius 1 is 1.12 bits per heavy atom. The molecule has 82 valence electrons. The van der Waals surface area contributed by atoms with E-state index in [1.807, 2.05) is 0 Å². The molecule has 0 unspecified atom stereocenters. The van der Waals surface area contributed by atoms with Crippen molar-refractivity contribution < 1.29 is 8.78 Å². The molecule has 17 heavy (non-hydrogen) atoms. The smallest absolute Gasteiger partial charge is 0.146 e. The number of nitrogens with zero attached hydrogens (tertiary/aromatic N) is 3. The van der Waals surface area contributed by atoms with E-state index in [-0.39, 0.29) is 11.3 Å². The van der Waals surface area contributed by atoms with Gasteiger partial charge in [0.1, 0.15) is 41.0 Å². The number of rotatable bonds is 2. The van der Waals surface area contributed by atoms with Crippen molar-refractivity contribution in [3.8, 4) is 18.2 Å². The Labute approximate surface area is 95.6 Å². The van der Waals surface area contributed by atoms with Gasteiger partial charge >= 0.3 is 0 Å². The van der Waals surface area contributed by atoms with E-state index >= 15 is 0 Å². The monoisotopic (exact) mass is 230 g/mol. The van der Waals surface area contributed by atoms with Gasteiger partial charge in [-0.25, -0.2) is 8.78 Å². The lowest BCUT2D eigenvalue weighted by Crippen LogP contribution is -1.96. The zero-order valence-corrected chi connectivity index (χ0v) is 8.33. The van der Waals surface area contributed by atoms with Crippen molar-refractivity contribution in [1.82, 2.24) is 0 Å². The molecular formula is C11H4F2N4. The van der Waals surface area contributed by atoms with Gasteiger partial charge < -0.3 is 5.32 Å². The highest BCUT2D eigenvalue weighted by molar-refractivity contribution is 5.52. The normalized spacial score (nSPS) is 8.41. The predicted molar refractivity (Wildman–Crippen MR) is 54.0 cm³/mol. The number of allylic oxidation sites excluding steroid dienone is 1. The third kappa shape index (κ3) is 2.77. The van der Waals surface area contributed by atoms with Crippen LogP contribution in [0, 0.1) is 45.6 Å². The van der Waals surface area contributed by atoms with Gasteiger partial charge in [0.15, 0.2) is 0 Å². The Morgan fingerprint density at radius 3 is 2.06 bits per heavy atom. The number of hydrogen-bond donors (Lipinski definition) is 1. The van der Waals surface area contributed by atoms with Gasteiger partial charge in [-0.05, 0) is 12.1 Å². The largest absolute Gasteiger partial charge is 0.360 e. The van der Waals surface area contributed by atoms with E-state index in [1.54, 1.807) is 12.1 Å². The van der Waals surface area contributed by atoms with Crippen LogP contribution in [0.2, 0.25) is 0 Å². The minimum absolute atomic E-state index is 0.00185. The van der Waals surface area contributed by atoms with Gasteiger partial charge in [0.25, 0.3) is 0 Å². The predicted octanol–water partition coefficient (Wildman–Crippen LogP) is 2.18. The molecule has 0 spiro atoms. The first-order valence-corrected chi connectivity index (χ1v) is 4.28.